The van der Waals surface area contributed by atoms with Crippen molar-refractivity contribution in [2.45, 2.75) is 39.0 Å². The number of nitrogens with zero attached hydrogens (tertiary/aromatic N) is 2. The molecule has 5 heteroatoms. The van der Waals surface area contributed by atoms with Crippen LogP contribution in [0.1, 0.15) is 60.3 Å². The number of H-pyrrole nitrogens is 2. The van der Waals surface area contributed by atoms with E-state index in [-0.39, 0.29) is 0 Å². The zero-order valence-electron chi connectivity index (χ0n) is 19.8. The lowest BCUT2D eigenvalue weighted by Gasteiger charge is -1.97. The summed E-state index contributed by atoms with van der Waals surface area (Å²) in [7, 11) is 0. The number of aryl methyl sites for hydroxylation is 1. The number of thiophene rings is 1. The van der Waals surface area contributed by atoms with Crippen molar-refractivity contribution in [1.82, 2.24) is 19.9 Å². The highest BCUT2D eigenvalue weighted by Crippen LogP contribution is 2.33. The van der Waals surface area contributed by atoms with Gasteiger partial charge in [-0.2, -0.15) is 0 Å². The van der Waals surface area contributed by atoms with Gasteiger partial charge in [0, 0.05) is 37.4 Å². The summed E-state index contributed by atoms with van der Waals surface area (Å²) in [6.45, 7) is 2.26. The smallest absolute Gasteiger partial charge is 0.0659 e. The molecule has 2 aliphatic rings. The van der Waals surface area contributed by atoms with Crippen LogP contribution in [0.25, 0.3) is 56.8 Å². The minimum atomic E-state index is 0.916. The van der Waals surface area contributed by atoms with Gasteiger partial charge in [0.15, 0.2) is 0 Å². The largest absolute Gasteiger partial charge is 0.355 e. The maximum absolute atomic E-state index is 4.82. The van der Waals surface area contributed by atoms with Gasteiger partial charge >= 0.3 is 0 Å². The lowest BCUT2D eigenvalue weighted by molar-refractivity contribution is 0.670. The van der Waals surface area contributed by atoms with Crippen molar-refractivity contribution in [1.29, 1.82) is 0 Å². The van der Waals surface area contributed by atoms with E-state index in [1.807, 2.05) is 35.6 Å². The fraction of sp³-hybridized carbons (Fsp3) is 0.200. The Morgan fingerprint density at radius 2 is 1.37 bits per heavy atom. The van der Waals surface area contributed by atoms with Crippen LogP contribution in [0.5, 0.6) is 0 Å². The first-order valence-electron chi connectivity index (χ1n) is 12.4. The molecule has 6 heterocycles. The Bertz CT molecular complexity index is 1600. The maximum atomic E-state index is 4.82. The van der Waals surface area contributed by atoms with Crippen LogP contribution in [0.2, 0.25) is 0 Å². The molecule has 174 valence electrons. The van der Waals surface area contributed by atoms with Gasteiger partial charge < -0.3 is 9.97 Å². The number of aromatic nitrogens is 4. The number of hydrogen-bond acceptors (Lipinski definition) is 3. The van der Waals surface area contributed by atoms with Gasteiger partial charge in [-0.25, -0.2) is 9.97 Å². The van der Waals surface area contributed by atoms with E-state index in [1.165, 1.54) is 41.0 Å². The molecule has 8 bridgehead atoms. The Morgan fingerprint density at radius 3 is 2.14 bits per heavy atom. The molecule has 6 rings (SSSR count). The summed E-state index contributed by atoms with van der Waals surface area (Å²) in [6, 6.07) is 19.4. The summed E-state index contributed by atoms with van der Waals surface area (Å²) in [5, 5.41) is 0. The predicted molar refractivity (Wildman–Crippen MR) is 150 cm³/mol. The molecular formula is C30H28N4S. The molecule has 0 amide bonds. The minimum absolute atomic E-state index is 0.916. The second-order valence-corrected chi connectivity index (χ2v) is 10.3. The van der Waals surface area contributed by atoms with Crippen molar-refractivity contribution in [3.8, 4) is 10.4 Å². The Morgan fingerprint density at radius 1 is 0.657 bits per heavy atom. The van der Waals surface area contributed by atoms with Crippen molar-refractivity contribution in [3.05, 3.63) is 82.3 Å². The lowest BCUT2D eigenvalue weighted by Crippen LogP contribution is -1.80. The average Bonchev–Trinajstić information content (AvgIpc) is 3.66. The van der Waals surface area contributed by atoms with Crippen LogP contribution in [0.3, 0.4) is 0 Å². The predicted octanol–water partition coefficient (Wildman–Crippen LogP) is 8.51. The summed E-state index contributed by atoms with van der Waals surface area (Å²) in [6.07, 6.45) is 14.5. The second kappa shape index (κ2) is 9.51. The Labute approximate surface area is 209 Å². The minimum Gasteiger partial charge on any atom is -0.355 e. The second-order valence-electron chi connectivity index (χ2n) is 9.16. The van der Waals surface area contributed by atoms with E-state index in [0.29, 0.717) is 0 Å². The van der Waals surface area contributed by atoms with Crippen LogP contribution in [0.15, 0.2) is 54.6 Å². The molecule has 0 atom stereocenters. The SMILES string of the molecule is CCCCCCc1ccc(-c2cc3cc4ccc(cc5nc(cc6nc(cc2[nH]3)C=C6)C=C5)[nH]4)s1. The number of unbranched alkanes of at least 4 members (excludes halogenated alkanes) is 3. The number of hydrogen-bond donors (Lipinski definition) is 2. The summed E-state index contributed by atoms with van der Waals surface area (Å²) >= 11 is 1.91. The highest BCUT2D eigenvalue weighted by Gasteiger charge is 2.09. The van der Waals surface area contributed by atoms with Crippen LogP contribution < -0.4 is 0 Å². The van der Waals surface area contributed by atoms with E-state index in [0.717, 1.165) is 51.3 Å². The molecule has 0 radical (unpaired) electrons. The topological polar surface area (TPSA) is 57.4 Å². The molecule has 0 spiro atoms. The quantitative estimate of drug-likeness (QED) is 0.237. The molecule has 0 saturated carbocycles. The van der Waals surface area contributed by atoms with Gasteiger partial charge in [-0.15, -0.1) is 11.3 Å². The summed E-state index contributed by atoms with van der Waals surface area (Å²) in [5.74, 6) is 0. The molecule has 4 aromatic heterocycles. The molecule has 0 saturated heterocycles. The Kier molecular flexibility index (Phi) is 5.93. The van der Waals surface area contributed by atoms with Crippen molar-refractivity contribution < 1.29 is 0 Å². The molecule has 0 unspecified atom stereocenters. The molecule has 2 N–H and O–H groups in total. The molecule has 0 aliphatic carbocycles. The first kappa shape index (κ1) is 21.8. The van der Waals surface area contributed by atoms with Gasteiger partial charge in [0.05, 0.1) is 22.8 Å². The average molecular weight is 477 g/mol. The molecule has 35 heavy (non-hydrogen) atoms. The van der Waals surface area contributed by atoms with Crippen LogP contribution in [-0.4, -0.2) is 19.9 Å². The normalized spacial score (nSPS) is 12.5. The van der Waals surface area contributed by atoms with E-state index < -0.39 is 0 Å². The molecule has 4 aromatic rings. The fourth-order valence-electron chi connectivity index (χ4n) is 4.61. The molecule has 0 fully saturated rings. The number of rotatable bonds is 6. The first-order valence-corrected chi connectivity index (χ1v) is 13.2. The van der Waals surface area contributed by atoms with E-state index in [9.17, 15) is 0 Å². The van der Waals surface area contributed by atoms with Crippen LogP contribution in [-0.2, 0) is 6.42 Å². The third-order valence-corrected chi connectivity index (χ3v) is 7.55. The molecular weight excluding hydrogens is 448 g/mol. The highest BCUT2D eigenvalue weighted by molar-refractivity contribution is 7.15. The van der Waals surface area contributed by atoms with E-state index in [4.69, 9.17) is 9.97 Å². The Hall–Kier alpha value is -3.70. The molecule has 0 aromatic carbocycles. The monoisotopic (exact) mass is 476 g/mol. The van der Waals surface area contributed by atoms with E-state index in [2.05, 4.69) is 71.5 Å². The lowest BCUT2D eigenvalue weighted by atomic mass is 10.1. The Balaban J connectivity index is 1.49. The number of nitrogens with one attached hydrogen (secondary N) is 2. The van der Waals surface area contributed by atoms with Gasteiger partial charge in [0.2, 0.25) is 0 Å². The maximum Gasteiger partial charge on any atom is 0.0659 e. The van der Waals surface area contributed by atoms with Crippen molar-refractivity contribution >= 4 is 57.7 Å². The third kappa shape index (κ3) is 4.91. The van der Waals surface area contributed by atoms with Crippen molar-refractivity contribution in [2.24, 2.45) is 0 Å². The summed E-state index contributed by atoms with van der Waals surface area (Å²) < 4.78 is 0. The first-order chi connectivity index (χ1) is 17.2. The third-order valence-electron chi connectivity index (χ3n) is 6.37. The number of aromatic amines is 2. The highest BCUT2D eigenvalue weighted by atomic mass is 32.1. The van der Waals surface area contributed by atoms with Gasteiger partial charge in [0.25, 0.3) is 0 Å². The standard InChI is InChI=1S/C30H28N4S/c1-2-3-4-5-6-27-13-14-30(35-27)28-18-26-17-24-10-9-22(32-24)15-20-7-8-21(31-20)16-23-11-12-25(33-23)19-29(28)34-26/h7-19,32,34H,2-6H2,1H3. The van der Waals surface area contributed by atoms with Crippen molar-refractivity contribution in [2.75, 3.05) is 0 Å². The van der Waals surface area contributed by atoms with Crippen molar-refractivity contribution in [3.63, 3.8) is 0 Å². The van der Waals surface area contributed by atoms with Gasteiger partial charge in [0.1, 0.15) is 0 Å². The summed E-state index contributed by atoms with van der Waals surface area (Å²) in [5.41, 5.74) is 9.16. The van der Waals surface area contributed by atoms with E-state index in [1.54, 1.807) is 0 Å². The van der Waals surface area contributed by atoms with Gasteiger partial charge in [-0.3, -0.25) is 0 Å². The zero-order chi connectivity index (χ0) is 23.6. The molecule has 2 aliphatic heterocycles. The zero-order valence-corrected chi connectivity index (χ0v) is 20.7. The fourth-order valence-corrected chi connectivity index (χ4v) is 5.69. The summed E-state index contributed by atoms with van der Waals surface area (Å²) in [4.78, 5) is 19.4. The number of fused-ring (bicyclic) bond motifs is 8. The van der Waals surface area contributed by atoms with E-state index >= 15 is 0 Å². The molecule has 4 nitrogen and oxygen atoms in total. The van der Waals surface area contributed by atoms with Crippen LogP contribution in [0.4, 0.5) is 0 Å². The van der Waals surface area contributed by atoms with Gasteiger partial charge in [-0.1, -0.05) is 26.2 Å². The van der Waals surface area contributed by atoms with Gasteiger partial charge in [-0.05, 0) is 91.7 Å². The van der Waals surface area contributed by atoms with Crippen LogP contribution in [0, 0.1) is 0 Å². The van der Waals surface area contributed by atoms with Crippen LogP contribution >= 0.6 is 11.3 Å².